The van der Waals surface area contributed by atoms with E-state index in [0.717, 1.165) is 0 Å². The molecule has 26 heavy (non-hydrogen) atoms. The van der Waals surface area contributed by atoms with Crippen molar-refractivity contribution in [1.29, 1.82) is 0 Å². The number of carbonyl (C=O) groups is 2. The average molecular weight is 377 g/mol. The van der Waals surface area contributed by atoms with E-state index in [4.69, 9.17) is 0 Å². The number of amides is 1. The van der Waals surface area contributed by atoms with Gasteiger partial charge in [-0.05, 0) is 24.5 Å². The number of aliphatic carboxylic acids is 1. The first kappa shape index (κ1) is 19.5. The number of benzene rings is 1. The third kappa shape index (κ3) is 5.09. The van der Waals surface area contributed by atoms with Crippen LogP contribution in [0.25, 0.3) is 10.6 Å². The fraction of sp³-hybridized carbons (Fsp3) is 0.353. The summed E-state index contributed by atoms with van der Waals surface area (Å²) in [6.45, 7) is 3.89. The lowest BCUT2D eigenvalue weighted by molar-refractivity contribution is -0.384. The van der Waals surface area contributed by atoms with Gasteiger partial charge in [-0.25, -0.2) is 4.98 Å². The predicted octanol–water partition coefficient (Wildman–Crippen LogP) is 3.20. The molecular formula is C17H19N3O5S. The maximum absolute atomic E-state index is 12.2. The van der Waals surface area contributed by atoms with Crippen molar-refractivity contribution >= 4 is 28.9 Å². The first-order chi connectivity index (χ1) is 12.3. The second kappa shape index (κ2) is 8.52. The Labute approximate surface area is 154 Å². The van der Waals surface area contributed by atoms with Gasteiger partial charge in [-0.15, -0.1) is 11.3 Å². The molecule has 1 amide bonds. The summed E-state index contributed by atoms with van der Waals surface area (Å²) in [7, 11) is 0. The molecule has 1 unspecified atom stereocenters. The van der Waals surface area contributed by atoms with Crippen molar-refractivity contribution < 1.29 is 19.6 Å². The van der Waals surface area contributed by atoms with Crippen LogP contribution in [0.3, 0.4) is 0 Å². The number of nitrogens with one attached hydrogen (secondary N) is 1. The number of aromatic nitrogens is 1. The summed E-state index contributed by atoms with van der Waals surface area (Å²) in [5, 5.41) is 24.6. The Morgan fingerprint density at radius 2 is 1.96 bits per heavy atom. The van der Waals surface area contributed by atoms with E-state index in [1.54, 1.807) is 17.5 Å². The standard InChI is InChI=1S/C17H19N3O5S/c1-10(2)7-12(17(22)23)8-18-15(21)14-9-26-16(19-14)11-3-5-13(6-4-11)20(24)25/h3-6,9-10,12H,7-8H2,1-2H3,(H,18,21)(H,22,23). The van der Waals surface area contributed by atoms with Crippen molar-refractivity contribution in [3.8, 4) is 10.6 Å². The molecule has 2 N–H and O–H groups in total. The number of hydrogen-bond donors (Lipinski definition) is 2. The van der Waals surface area contributed by atoms with Crippen LogP contribution in [0.4, 0.5) is 5.69 Å². The number of thiazole rings is 1. The van der Waals surface area contributed by atoms with E-state index in [-0.39, 0.29) is 23.8 Å². The summed E-state index contributed by atoms with van der Waals surface area (Å²) in [5.41, 5.74) is 0.841. The Morgan fingerprint density at radius 3 is 2.50 bits per heavy atom. The molecule has 8 nitrogen and oxygen atoms in total. The van der Waals surface area contributed by atoms with E-state index in [1.165, 1.54) is 23.5 Å². The molecule has 2 aromatic rings. The molecule has 0 fully saturated rings. The number of nitro groups is 1. The van der Waals surface area contributed by atoms with E-state index in [0.29, 0.717) is 17.0 Å². The third-order valence-corrected chi connectivity index (χ3v) is 4.57. The van der Waals surface area contributed by atoms with Crippen LogP contribution in [-0.4, -0.2) is 33.4 Å². The first-order valence-corrected chi connectivity index (χ1v) is 8.87. The molecular weight excluding hydrogens is 358 g/mol. The maximum atomic E-state index is 12.2. The fourth-order valence-electron chi connectivity index (χ4n) is 2.38. The number of hydrogen-bond acceptors (Lipinski definition) is 6. The van der Waals surface area contributed by atoms with Gasteiger partial charge in [-0.1, -0.05) is 13.8 Å². The lowest BCUT2D eigenvalue weighted by Gasteiger charge is -2.14. The zero-order chi connectivity index (χ0) is 19.3. The van der Waals surface area contributed by atoms with Crippen LogP contribution >= 0.6 is 11.3 Å². The molecule has 1 heterocycles. The van der Waals surface area contributed by atoms with Gasteiger partial charge in [0.2, 0.25) is 0 Å². The van der Waals surface area contributed by atoms with Crippen LogP contribution in [0.5, 0.6) is 0 Å². The summed E-state index contributed by atoms with van der Waals surface area (Å²) in [5.74, 6) is -1.82. The molecule has 0 aliphatic rings. The molecule has 1 aromatic heterocycles. The van der Waals surface area contributed by atoms with Gasteiger partial charge in [0, 0.05) is 29.6 Å². The minimum Gasteiger partial charge on any atom is -0.481 e. The SMILES string of the molecule is CC(C)CC(CNC(=O)c1csc(-c2ccc([N+](=O)[O-])cc2)n1)C(=O)O. The number of nitrogens with zero attached hydrogens (tertiary/aromatic N) is 2. The average Bonchev–Trinajstić information content (AvgIpc) is 3.08. The minimum atomic E-state index is -0.941. The van der Waals surface area contributed by atoms with Crippen molar-refractivity contribution in [2.45, 2.75) is 20.3 Å². The monoisotopic (exact) mass is 377 g/mol. The molecule has 138 valence electrons. The van der Waals surface area contributed by atoms with Crippen molar-refractivity contribution in [3.63, 3.8) is 0 Å². The van der Waals surface area contributed by atoms with Gasteiger partial charge in [0.1, 0.15) is 10.7 Å². The molecule has 0 aliphatic carbocycles. The largest absolute Gasteiger partial charge is 0.481 e. The summed E-state index contributed by atoms with van der Waals surface area (Å²) in [6.07, 6.45) is 0.473. The Bertz CT molecular complexity index is 801. The second-order valence-electron chi connectivity index (χ2n) is 6.22. The van der Waals surface area contributed by atoms with Crippen LogP contribution in [0, 0.1) is 22.0 Å². The molecule has 0 saturated heterocycles. The first-order valence-electron chi connectivity index (χ1n) is 7.99. The van der Waals surface area contributed by atoms with E-state index >= 15 is 0 Å². The number of nitro benzene ring substituents is 1. The van der Waals surface area contributed by atoms with E-state index in [2.05, 4.69) is 10.3 Å². The third-order valence-electron chi connectivity index (χ3n) is 3.68. The fourth-order valence-corrected chi connectivity index (χ4v) is 3.19. The molecule has 1 atom stereocenters. The van der Waals surface area contributed by atoms with Crippen molar-refractivity contribution in [2.24, 2.45) is 11.8 Å². The highest BCUT2D eigenvalue weighted by Gasteiger charge is 2.21. The minimum absolute atomic E-state index is 0.0202. The van der Waals surface area contributed by atoms with Gasteiger partial charge in [0.15, 0.2) is 0 Å². The van der Waals surface area contributed by atoms with Gasteiger partial charge in [-0.2, -0.15) is 0 Å². The smallest absolute Gasteiger partial charge is 0.308 e. The molecule has 9 heteroatoms. The number of carboxylic acids is 1. The van der Waals surface area contributed by atoms with Crippen LogP contribution in [-0.2, 0) is 4.79 Å². The highest BCUT2D eigenvalue weighted by Crippen LogP contribution is 2.25. The van der Waals surface area contributed by atoms with Crippen LogP contribution in [0.15, 0.2) is 29.6 Å². The van der Waals surface area contributed by atoms with Gasteiger partial charge >= 0.3 is 5.97 Å². The Kier molecular flexibility index (Phi) is 6.40. The van der Waals surface area contributed by atoms with Crippen LogP contribution in [0.2, 0.25) is 0 Å². The van der Waals surface area contributed by atoms with Crippen molar-refractivity contribution in [3.05, 3.63) is 45.5 Å². The maximum Gasteiger partial charge on any atom is 0.308 e. The molecule has 0 radical (unpaired) electrons. The Balaban J connectivity index is 2.03. The number of non-ortho nitro benzene ring substituents is 1. The molecule has 0 saturated carbocycles. The van der Waals surface area contributed by atoms with Gasteiger partial charge in [-0.3, -0.25) is 19.7 Å². The number of rotatable bonds is 8. The highest BCUT2D eigenvalue weighted by atomic mass is 32.1. The van der Waals surface area contributed by atoms with E-state index in [9.17, 15) is 24.8 Å². The zero-order valence-corrected chi connectivity index (χ0v) is 15.2. The predicted molar refractivity (Wildman–Crippen MR) is 97.1 cm³/mol. The highest BCUT2D eigenvalue weighted by molar-refractivity contribution is 7.13. The number of carboxylic acid groups (broad SMARTS) is 1. The number of carbonyl (C=O) groups excluding carboxylic acids is 1. The molecule has 1 aromatic carbocycles. The van der Waals surface area contributed by atoms with Gasteiger partial charge in [0.25, 0.3) is 11.6 Å². The van der Waals surface area contributed by atoms with Gasteiger partial charge < -0.3 is 10.4 Å². The van der Waals surface area contributed by atoms with Crippen molar-refractivity contribution in [2.75, 3.05) is 6.54 Å². The summed E-state index contributed by atoms with van der Waals surface area (Å²) in [6, 6.07) is 5.89. The molecule has 0 bridgehead atoms. The normalized spacial score (nSPS) is 12.0. The van der Waals surface area contributed by atoms with E-state index < -0.39 is 22.7 Å². The summed E-state index contributed by atoms with van der Waals surface area (Å²) < 4.78 is 0. The lowest BCUT2D eigenvalue weighted by Crippen LogP contribution is -2.33. The lowest BCUT2D eigenvalue weighted by atomic mass is 9.97. The van der Waals surface area contributed by atoms with Crippen molar-refractivity contribution in [1.82, 2.24) is 10.3 Å². The summed E-state index contributed by atoms with van der Waals surface area (Å²) >= 11 is 1.24. The van der Waals surface area contributed by atoms with Gasteiger partial charge in [0.05, 0.1) is 10.8 Å². The quantitative estimate of drug-likeness (QED) is 0.538. The zero-order valence-electron chi connectivity index (χ0n) is 14.3. The van der Waals surface area contributed by atoms with E-state index in [1.807, 2.05) is 13.8 Å². The second-order valence-corrected chi connectivity index (χ2v) is 7.07. The molecule has 0 aliphatic heterocycles. The van der Waals surface area contributed by atoms with Crippen LogP contribution < -0.4 is 5.32 Å². The molecule has 2 rings (SSSR count). The Morgan fingerprint density at radius 1 is 1.31 bits per heavy atom. The summed E-state index contributed by atoms with van der Waals surface area (Å²) in [4.78, 5) is 37.9. The van der Waals surface area contributed by atoms with Crippen LogP contribution in [0.1, 0.15) is 30.8 Å². The Hall–Kier alpha value is -2.81. The molecule has 0 spiro atoms. The topological polar surface area (TPSA) is 122 Å².